The second-order valence-electron chi connectivity index (χ2n) is 4.70. The number of benzene rings is 1. The number of carbonyl (C=O) groups is 2. The second kappa shape index (κ2) is 8.25. The van der Waals surface area contributed by atoms with Gasteiger partial charge in [-0.2, -0.15) is 0 Å². The lowest BCUT2D eigenvalue weighted by atomic mass is 10.2. The largest absolute Gasteiger partial charge is 0.447 e. The molecule has 3 N–H and O–H groups in total. The maximum atomic E-state index is 11.7. The van der Waals surface area contributed by atoms with Crippen molar-refractivity contribution in [2.24, 2.45) is 5.73 Å². The van der Waals surface area contributed by atoms with Gasteiger partial charge in [0.1, 0.15) is 12.8 Å². The number of rotatable bonds is 6. The van der Waals surface area contributed by atoms with Crippen LogP contribution in [-0.2, 0) is 27.3 Å². The van der Waals surface area contributed by atoms with E-state index in [1.54, 1.807) is 12.3 Å². The van der Waals surface area contributed by atoms with E-state index in [-0.39, 0.29) is 13.0 Å². The zero-order valence-electron chi connectivity index (χ0n) is 12.5. The lowest BCUT2D eigenvalue weighted by Crippen LogP contribution is -2.24. The van der Waals surface area contributed by atoms with Crippen LogP contribution in [0.1, 0.15) is 18.2 Å². The number of esters is 1. The summed E-state index contributed by atoms with van der Waals surface area (Å²) in [6.45, 7) is 1.74. The van der Waals surface area contributed by atoms with Gasteiger partial charge in [-0.15, -0.1) is 11.3 Å². The first-order chi connectivity index (χ1) is 11.0. The molecule has 0 spiro atoms. The number of nitrogens with one attached hydrogen (secondary N) is 1. The molecule has 0 aliphatic carbocycles. The SMILES string of the molecule is CC(N)OC(=O)Cc1csc(NC(=O)OCc2ccccc2)n1. The van der Waals surface area contributed by atoms with E-state index < -0.39 is 18.3 Å². The topological polar surface area (TPSA) is 104 Å². The lowest BCUT2D eigenvalue weighted by Gasteiger charge is -2.06. The zero-order chi connectivity index (χ0) is 16.7. The molecule has 1 atom stereocenters. The number of anilines is 1. The molecule has 0 saturated heterocycles. The molecular weight excluding hydrogens is 318 g/mol. The number of hydrogen-bond donors (Lipinski definition) is 2. The Balaban J connectivity index is 1.79. The van der Waals surface area contributed by atoms with E-state index in [1.807, 2.05) is 30.3 Å². The summed E-state index contributed by atoms with van der Waals surface area (Å²) in [5.74, 6) is -0.469. The average molecular weight is 335 g/mol. The Bertz CT molecular complexity index is 658. The van der Waals surface area contributed by atoms with Crippen molar-refractivity contribution in [3.05, 3.63) is 47.0 Å². The molecule has 2 aromatic rings. The first kappa shape index (κ1) is 16.9. The molecule has 0 aliphatic rings. The summed E-state index contributed by atoms with van der Waals surface area (Å²) in [6, 6.07) is 9.34. The summed E-state index contributed by atoms with van der Waals surface area (Å²) >= 11 is 1.20. The van der Waals surface area contributed by atoms with Gasteiger partial charge in [0, 0.05) is 5.38 Å². The summed E-state index contributed by atoms with van der Waals surface area (Å²) in [5.41, 5.74) is 6.75. The standard InChI is InChI=1S/C15H17N3O4S/c1-10(16)22-13(19)7-12-9-23-14(17-12)18-15(20)21-8-11-5-3-2-4-6-11/h2-6,9-10H,7-8,16H2,1H3,(H,17,18,20). The molecule has 2 rings (SSSR count). The Morgan fingerprint density at radius 2 is 2.09 bits per heavy atom. The highest BCUT2D eigenvalue weighted by molar-refractivity contribution is 7.13. The average Bonchev–Trinajstić information content (AvgIpc) is 2.92. The van der Waals surface area contributed by atoms with Crippen LogP contribution in [0, 0.1) is 0 Å². The zero-order valence-corrected chi connectivity index (χ0v) is 13.3. The van der Waals surface area contributed by atoms with E-state index in [9.17, 15) is 9.59 Å². The van der Waals surface area contributed by atoms with E-state index in [0.29, 0.717) is 10.8 Å². The number of thiazole rings is 1. The Labute approximate surface area is 137 Å². The van der Waals surface area contributed by atoms with Crippen molar-refractivity contribution in [3.8, 4) is 0 Å². The van der Waals surface area contributed by atoms with Crippen LogP contribution in [-0.4, -0.2) is 23.3 Å². The monoisotopic (exact) mass is 335 g/mol. The molecule has 1 unspecified atom stereocenters. The van der Waals surface area contributed by atoms with Crippen LogP contribution in [0.25, 0.3) is 0 Å². The van der Waals surface area contributed by atoms with E-state index in [0.717, 1.165) is 5.56 Å². The van der Waals surface area contributed by atoms with Gasteiger partial charge in [-0.3, -0.25) is 15.8 Å². The predicted octanol–water partition coefficient (Wildman–Crippen LogP) is 2.28. The summed E-state index contributed by atoms with van der Waals surface area (Å²) in [5, 5.41) is 4.53. The minimum Gasteiger partial charge on any atom is -0.447 e. The molecule has 1 amide bonds. The van der Waals surface area contributed by atoms with Crippen molar-refractivity contribution in [2.75, 3.05) is 5.32 Å². The molecule has 0 saturated carbocycles. The van der Waals surface area contributed by atoms with Crippen molar-refractivity contribution in [1.82, 2.24) is 4.98 Å². The van der Waals surface area contributed by atoms with Gasteiger partial charge < -0.3 is 9.47 Å². The van der Waals surface area contributed by atoms with Crippen LogP contribution in [0.3, 0.4) is 0 Å². The summed E-state index contributed by atoms with van der Waals surface area (Å²) in [7, 11) is 0. The minimum absolute atomic E-state index is 0.00121. The first-order valence-corrected chi connectivity index (χ1v) is 7.78. The molecule has 1 aromatic heterocycles. The van der Waals surface area contributed by atoms with Gasteiger partial charge in [-0.05, 0) is 12.5 Å². The van der Waals surface area contributed by atoms with E-state index in [1.165, 1.54) is 11.3 Å². The molecule has 8 heteroatoms. The molecule has 0 bridgehead atoms. The van der Waals surface area contributed by atoms with Crippen molar-refractivity contribution < 1.29 is 19.1 Å². The Hall–Kier alpha value is -2.45. The molecule has 0 aliphatic heterocycles. The van der Waals surface area contributed by atoms with Gasteiger partial charge in [0.05, 0.1) is 12.1 Å². The van der Waals surface area contributed by atoms with Gasteiger partial charge in [0.15, 0.2) is 5.13 Å². The van der Waals surface area contributed by atoms with Crippen molar-refractivity contribution >= 4 is 28.5 Å². The fourth-order valence-corrected chi connectivity index (χ4v) is 2.38. The molecule has 1 heterocycles. The maximum Gasteiger partial charge on any atom is 0.413 e. The van der Waals surface area contributed by atoms with E-state index in [4.69, 9.17) is 15.2 Å². The van der Waals surface area contributed by atoms with Gasteiger partial charge in [0.25, 0.3) is 0 Å². The fraction of sp³-hybridized carbons (Fsp3) is 0.267. The molecule has 0 fully saturated rings. The van der Waals surface area contributed by atoms with Crippen molar-refractivity contribution in [3.63, 3.8) is 0 Å². The molecule has 0 radical (unpaired) electrons. The summed E-state index contributed by atoms with van der Waals surface area (Å²) < 4.78 is 9.91. The molecule has 23 heavy (non-hydrogen) atoms. The van der Waals surface area contributed by atoms with Crippen LogP contribution in [0.15, 0.2) is 35.7 Å². The van der Waals surface area contributed by atoms with Crippen LogP contribution in [0.4, 0.5) is 9.93 Å². The number of nitrogens with two attached hydrogens (primary N) is 1. The number of hydrogen-bond acceptors (Lipinski definition) is 7. The fourth-order valence-electron chi connectivity index (χ4n) is 1.69. The normalized spacial score (nSPS) is 11.6. The predicted molar refractivity (Wildman–Crippen MR) is 85.8 cm³/mol. The number of aromatic nitrogens is 1. The van der Waals surface area contributed by atoms with E-state index >= 15 is 0 Å². The number of carbonyl (C=O) groups excluding carboxylic acids is 2. The van der Waals surface area contributed by atoms with Crippen LogP contribution >= 0.6 is 11.3 Å². The number of amides is 1. The van der Waals surface area contributed by atoms with Crippen LogP contribution in [0.5, 0.6) is 0 Å². The van der Waals surface area contributed by atoms with Crippen molar-refractivity contribution in [2.45, 2.75) is 26.2 Å². The highest BCUT2D eigenvalue weighted by Crippen LogP contribution is 2.16. The maximum absolute atomic E-state index is 11.7. The minimum atomic E-state index is -0.660. The first-order valence-electron chi connectivity index (χ1n) is 6.90. The van der Waals surface area contributed by atoms with Gasteiger partial charge in [-0.1, -0.05) is 30.3 Å². The van der Waals surface area contributed by atoms with Gasteiger partial charge in [-0.25, -0.2) is 9.78 Å². The molecule has 7 nitrogen and oxygen atoms in total. The van der Waals surface area contributed by atoms with Gasteiger partial charge in [0.2, 0.25) is 0 Å². The summed E-state index contributed by atoms with van der Waals surface area (Å²) in [4.78, 5) is 27.3. The highest BCUT2D eigenvalue weighted by Gasteiger charge is 2.12. The molecule has 122 valence electrons. The highest BCUT2D eigenvalue weighted by atomic mass is 32.1. The quantitative estimate of drug-likeness (QED) is 0.620. The van der Waals surface area contributed by atoms with Crippen LogP contribution < -0.4 is 11.1 Å². The lowest BCUT2D eigenvalue weighted by molar-refractivity contribution is -0.147. The Morgan fingerprint density at radius 3 is 2.78 bits per heavy atom. The smallest absolute Gasteiger partial charge is 0.413 e. The number of nitrogens with zero attached hydrogens (tertiary/aromatic N) is 1. The Kier molecular flexibility index (Phi) is 6.07. The third kappa shape index (κ3) is 6.05. The summed E-state index contributed by atoms with van der Waals surface area (Å²) in [6.07, 6.45) is -1.27. The van der Waals surface area contributed by atoms with E-state index in [2.05, 4.69) is 10.3 Å². The third-order valence-corrected chi connectivity index (χ3v) is 3.42. The second-order valence-corrected chi connectivity index (χ2v) is 5.56. The van der Waals surface area contributed by atoms with Crippen molar-refractivity contribution in [1.29, 1.82) is 0 Å². The van der Waals surface area contributed by atoms with Crippen LogP contribution in [0.2, 0.25) is 0 Å². The van der Waals surface area contributed by atoms with Gasteiger partial charge >= 0.3 is 12.1 Å². The third-order valence-electron chi connectivity index (χ3n) is 2.62. The Morgan fingerprint density at radius 1 is 1.35 bits per heavy atom. The number of ether oxygens (including phenoxy) is 2. The molecular formula is C15H17N3O4S. The molecule has 1 aromatic carbocycles.